The van der Waals surface area contributed by atoms with Crippen molar-refractivity contribution in [2.24, 2.45) is 0 Å². The Balaban J connectivity index is 1.56. The Morgan fingerprint density at radius 2 is 1.97 bits per heavy atom. The molecule has 1 amide bonds. The highest BCUT2D eigenvalue weighted by molar-refractivity contribution is 7.89. The zero-order valence-electron chi connectivity index (χ0n) is 16.9. The van der Waals surface area contributed by atoms with E-state index in [0.717, 1.165) is 11.3 Å². The van der Waals surface area contributed by atoms with Gasteiger partial charge < -0.3 is 10.1 Å². The number of amides is 1. The Morgan fingerprint density at radius 1 is 1.27 bits per heavy atom. The lowest BCUT2D eigenvalue weighted by Gasteiger charge is -2.26. The summed E-state index contributed by atoms with van der Waals surface area (Å²) < 4.78 is 33.6. The number of rotatable bonds is 8. The Bertz CT molecular complexity index is 1020. The highest BCUT2D eigenvalue weighted by atomic mass is 32.2. The molecule has 0 atom stereocenters. The van der Waals surface area contributed by atoms with E-state index in [1.165, 1.54) is 4.31 Å². The lowest BCUT2D eigenvalue weighted by molar-refractivity contribution is -0.116. The molecule has 2 heterocycles. The van der Waals surface area contributed by atoms with E-state index in [1.807, 2.05) is 6.92 Å². The monoisotopic (exact) mass is 431 g/mol. The van der Waals surface area contributed by atoms with Crippen molar-refractivity contribution in [2.45, 2.75) is 37.6 Å². The molecule has 10 heteroatoms. The van der Waals surface area contributed by atoms with Crippen molar-refractivity contribution in [1.82, 2.24) is 14.1 Å². The Hall–Kier alpha value is -2.74. The smallest absolute Gasteiger partial charge is 0.243 e. The molecule has 1 aromatic heterocycles. The van der Waals surface area contributed by atoms with Gasteiger partial charge in [0.05, 0.1) is 42.8 Å². The van der Waals surface area contributed by atoms with E-state index in [2.05, 4.69) is 16.5 Å². The molecule has 0 unspecified atom stereocenters. The molecule has 2 aromatic rings. The minimum absolute atomic E-state index is 0.168. The summed E-state index contributed by atoms with van der Waals surface area (Å²) in [5.41, 5.74) is 1.64. The third-order valence-electron chi connectivity index (χ3n) is 4.78. The number of aromatic nitrogens is 2. The van der Waals surface area contributed by atoms with Crippen LogP contribution >= 0.6 is 0 Å². The number of sulfonamides is 1. The fourth-order valence-electron chi connectivity index (χ4n) is 3.20. The molecule has 0 spiro atoms. The van der Waals surface area contributed by atoms with Gasteiger partial charge in [0.2, 0.25) is 15.9 Å². The second-order valence-corrected chi connectivity index (χ2v) is 8.95. The minimum Gasteiger partial charge on any atom is -0.379 e. The third kappa shape index (κ3) is 5.44. The molecule has 3 rings (SSSR count). The molecule has 1 aliphatic rings. The predicted molar refractivity (Wildman–Crippen MR) is 110 cm³/mol. The number of ether oxygens (including phenoxy) is 1. The standard InChI is InChI=1S/C20H25N5O4S/c1-16-15-19(25(23-16)10-2-9-21)22-20(26)8-5-17-3-6-18(7-4-17)30(27,28)24-11-13-29-14-12-24/h3-4,6-7,15H,2,5,8,10-14H2,1H3,(H,22,26). The normalized spacial score (nSPS) is 14.9. The Labute approximate surface area is 176 Å². The third-order valence-corrected chi connectivity index (χ3v) is 6.69. The number of nitrogens with zero attached hydrogens (tertiary/aromatic N) is 4. The molecule has 1 aromatic carbocycles. The second kappa shape index (κ2) is 9.84. The van der Waals surface area contributed by atoms with Gasteiger partial charge >= 0.3 is 0 Å². The number of anilines is 1. The highest BCUT2D eigenvalue weighted by Gasteiger charge is 2.26. The number of carbonyl (C=O) groups excluding carboxylic acids is 1. The number of nitrogens with one attached hydrogen (secondary N) is 1. The van der Waals surface area contributed by atoms with Crippen LogP contribution in [0.2, 0.25) is 0 Å². The first-order chi connectivity index (χ1) is 14.4. The van der Waals surface area contributed by atoms with Gasteiger partial charge in [-0.15, -0.1) is 0 Å². The number of aryl methyl sites for hydroxylation is 3. The van der Waals surface area contributed by atoms with Gasteiger partial charge in [-0.3, -0.25) is 4.79 Å². The Kier molecular flexibility index (Phi) is 7.20. The van der Waals surface area contributed by atoms with Gasteiger partial charge in [-0.1, -0.05) is 12.1 Å². The summed E-state index contributed by atoms with van der Waals surface area (Å²) in [5, 5.41) is 15.8. The van der Waals surface area contributed by atoms with E-state index in [0.29, 0.717) is 51.5 Å². The number of hydrogen-bond acceptors (Lipinski definition) is 6. The number of benzene rings is 1. The van der Waals surface area contributed by atoms with Crippen LogP contribution in [0.15, 0.2) is 35.2 Å². The van der Waals surface area contributed by atoms with Gasteiger partial charge in [0.1, 0.15) is 5.82 Å². The van der Waals surface area contributed by atoms with Gasteiger partial charge in [-0.25, -0.2) is 13.1 Å². The van der Waals surface area contributed by atoms with Crippen LogP contribution < -0.4 is 5.32 Å². The van der Waals surface area contributed by atoms with Crippen LogP contribution in [0.4, 0.5) is 5.82 Å². The van der Waals surface area contributed by atoms with Crippen LogP contribution in [0, 0.1) is 18.3 Å². The Morgan fingerprint density at radius 3 is 2.63 bits per heavy atom. The van der Waals surface area contributed by atoms with Crippen LogP contribution in [-0.4, -0.2) is 54.7 Å². The molecule has 1 aliphatic heterocycles. The maximum Gasteiger partial charge on any atom is 0.243 e. The van der Waals surface area contributed by atoms with Crippen LogP contribution in [0.25, 0.3) is 0 Å². The molecule has 1 fully saturated rings. The summed E-state index contributed by atoms with van der Waals surface area (Å²) in [5.74, 6) is 0.401. The molecular formula is C20H25N5O4S. The number of carbonyl (C=O) groups is 1. The van der Waals surface area contributed by atoms with Crippen molar-refractivity contribution >= 4 is 21.7 Å². The first kappa shape index (κ1) is 22.0. The zero-order chi connectivity index (χ0) is 21.6. The molecule has 0 aliphatic carbocycles. The first-order valence-corrected chi connectivity index (χ1v) is 11.2. The molecule has 9 nitrogen and oxygen atoms in total. The van der Waals surface area contributed by atoms with E-state index in [1.54, 1.807) is 35.0 Å². The molecule has 1 saturated heterocycles. The van der Waals surface area contributed by atoms with Gasteiger partial charge in [-0.2, -0.15) is 14.7 Å². The van der Waals surface area contributed by atoms with Crippen molar-refractivity contribution in [2.75, 3.05) is 31.6 Å². The van der Waals surface area contributed by atoms with Crippen LogP contribution in [0.1, 0.15) is 24.1 Å². The van der Waals surface area contributed by atoms with Gasteiger partial charge in [-0.05, 0) is 31.0 Å². The minimum atomic E-state index is -3.52. The lowest BCUT2D eigenvalue weighted by atomic mass is 10.1. The highest BCUT2D eigenvalue weighted by Crippen LogP contribution is 2.18. The average molecular weight is 432 g/mol. The molecule has 0 radical (unpaired) electrons. The van der Waals surface area contributed by atoms with Crippen molar-refractivity contribution in [3.05, 3.63) is 41.6 Å². The number of nitriles is 1. The number of morpholine rings is 1. The molecule has 30 heavy (non-hydrogen) atoms. The van der Waals surface area contributed by atoms with Gasteiger partial charge in [0, 0.05) is 25.6 Å². The van der Waals surface area contributed by atoms with E-state index in [-0.39, 0.29) is 17.2 Å². The van der Waals surface area contributed by atoms with Gasteiger partial charge in [0.15, 0.2) is 0 Å². The first-order valence-electron chi connectivity index (χ1n) is 9.78. The van der Waals surface area contributed by atoms with Gasteiger partial charge in [0.25, 0.3) is 0 Å². The maximum atomic E-state index is 12.7. The summed E-state index contributed by atoms with van der Waals surface area (Å²) in [6, 6.07) is 10.5. The van der Waals surface area contributed by atoms with Crippen molar-refractivity contribution in [3.8, 4) is 6.07 Å². The van der Waals surface area contributed by atoms with Crippen LogP contribution in [0.5, 0.6) is 0 Å². The quantitative estimate of drug-likeness (QED) is 0.680. The molecule has 0 bridgehead atoms. The van der Waals surface area contributed by atoms with E-state index >= 15 is 0 Å². The lowest BCUT2D eigenvalue weighted by Crippen LogP contribution is -2.40. The van der Waals surface area contributed by atoms with E-state index in [4.69, 9.17) is 10.00 Å². The van der Waals surface area contributed by atoms with Crippen LogP contribution in [0.3, 0.4) is 0 Å². The second-order valence-electron chi connectivity index (χ2n) is 7.01. The average Bonchev–Trinajstić information content (AvgIpc) is 3.10. The summed E-state index contributed by atoms with van der Waals surface area (Å²) in [6.07, 6.45) is 1.04. The van der Waals surface area contributed by atoms with E-state index < -0.39 is 10.0 Å². The molecule has 160 valence electrons. The summed E-state index contributed by atoms with van der Waals surface area (Å²) in [7, 11) is -3.52. The topological polar surface area (TPSA) is 117 Å². The van der Waals surface area contributed by atoms with Crippen molar-refractivity contribution < 1.29 is 17.9 Å². The fourth-order valence-corrected chi connectivity index (χ4v) is 4.61. The largest absolute Gasteiger partial charge is 0.379 e. The summed E-state index contributed by atoms with van der Waals surface area (Å²) in [4.78, 5) is 12.6. The molecular weight excluding hydrogens is 406 g/mol. The summed E-state index contributed by atoms with van der Waals surface area (Å²) >= 11 is 0. The fraction of sp³-hybridized carbons (Fsp3) is 0.450. The van der Waals surface area contributed by atoms with Crippen LogP contribution in [-0.2, 0) is 32.5 Å². The number of hydrogen-bond donors (Lipinski definition) is 1. The summed E-state index contributed by atoms with van der Waals surface area (Å²) in [6.45, 7) is 3.76. The molecule has 1 N–H and O–H groups in total. The molecule has 0 saturated carbocycles. The maximum absolute atomic E-state index is 12.7. The SMILES string of the molecule is Cc1cc(NC(=O)CCc2ccc(S(=O)(=O)N3CCOCC3)cc2)n(CCC#N)n1. The predicted octanol–water partition coefficient (Wildman–Crippen LogP) is 1.70. The van der Waals surface area contributed by atoms with E-state index in [9.17, 15) is 13.2 Å². The van der Waals surface area contributed by atoms with Crippen molar-refractivity contribution in [1.29, 1.82) is 5.26 Å². The zero-order valence-corrected chi connectivity index (χ0v) is 17.7. The van der Waals surface area contributed by atoms with Crippen molar-refractivity contribution in [3.63, 3.8) is 0 Å².